The van der Waals surface area contributed by atoms with Crippen LogP contribution in [0.3, 0.4) is 0 Å². The van der Waals surface area contributed by atoms with E-state index in [2.05, 4.69) is 376 Å². The molecular weight excluding hydrogens is 1690 g/mol. The minimum atomic E-state index is 0. The van der Waals surface area contributed by atoms with Gasteiger partial charge in [0.05, 0.1) is 59.6 Å². The molecule has 0 fully saturated rings. The summed E-state index contributed by atoms with van der Waals surface area (Å²) in [5.74, 6) is 9.13. The SMILES string of the molecule is C.CC(C)(C)Cc1cn2ccccc2n1.CC(C)(C)Cc1cn2ccccc2n1.CC(C)Cc1cn(C)cn1.CC(C)Cc1cnn(C)c1.CC(C)Cc1nccn1C.CCn1ccc(CC(C)C)n1.C[C@H](c1ncccn1)C(C)(C)C.Cc1cnc(CC(C)(C)C)o1.Cc1cnn(CC(C)(C)C)c1.Cc1cnn(CC(C)C)c1.Cc1nnc(CC(C)(C)C)o1.Cn1ccc(CC(C)(C)C)n1. The third-order valence-electron chi connectivity index (χ3n) is 19.2. The van der Waals surface area contributed by atoms with Crippen molar-refractivity contribution in [1.82, 2.24) is 112 Å². The Bertz CT molecular complexity index is 4960. The van der Waals surface area contributed by atoms with Crippen LogP contribution in [-0.2, 0) is 106 Å². The molecule has 0 amide bonds. The number of aromatic nitrogens is 23. The number of nitrogens with zero attached hydrogens (tertiary/aromatic N) is 23. The molecule has 0 spiro atoms. The van der Waals surface area contributed by atoms with Crippen molar-refractivity contribution in [1.29, 1.82) is 0 Å². The number of aryl methyl sites for hydroxylation is 9. The molecule has 756 valence electrons. The zero-order valence-corrected chi connectivity index (χ0v) is 91.7. The van der Waals surface area contributed by atoms with Crippen LogP contribution in [0.4, 0.5) is 0 Å². The Morgan fingerprint density at radius 2 is 0.868 bits per heavy atom. The molecule has 1 atom stereocenters. The van der Waals surface area contributed by atoms with E-state index in [1.165, 1.54) is 51.0 Å². The van der Waals surface area contributed by atoms with E-state index in [4.69, 9.17) is 8.83 Å². The monoisotopic (exact) mass is 1870 g/mol. The molecular formula is C111H185N23O2. The number of oxazole rings is 1. The summed E-state index contributed by atoms with van der Waals surface area (Å²) in [4.78, 5) is 30.2. The average molecular weight is 1870 g/mol. The normalized spacial score (nSPS) is 11.7. The van der Waals surface area contributed by atoms with Crippen LogP contribution in [0.1, 0.15) is 322 Å². The Morgan fingerprint density at radius 3 is 1.24 bits per heavy atom. The van der Waals surface area contributed by atoms with Crippen LogP contribution in [-0.4, -0.2) is 112 Å². The van der Waals surface area contributed by atoms with Gasteiger partial charge in [-0.2, -0.15) is 25.5 Å². The number of hydrogen-bond donors (Lipinski definition) is 0. The van der Waals surface area contributed by atoms with Gasteiger partial charge in [-0.3, -0.25) is 23.4 Å². The quantitative estimate of drug-likeness (QED) is 0.0774. The van der Waals surface area contributed by atoms with Crippen molar-refractivity contribution in [2.24, 2.45) is 95.7 Å². The number of hydrogen-bond acceptors (Lipinski definition) is 16. The van der Waals surface area contributed by atoms with E-state index in [0.29, 0.717) is 57.1 Å². The Balaban J connectivity index is 0.000000502. The van der Waals surface area contributed by atoms with Crippen molar-refractivity contribution in [3.8, 4) is 0 Å². The van der Waals surface area contributed by atoms with Crippen molar-refractivity contribution in [3.63, 3.8) is 0 Å². The fourth-order valence-electron chi connectivity index (χ4n) is 13.1. The van der Waals surface area contributed by atoms with E-state index in [-0.39, 0.29) is 23.7 Å². The van der Waals surface area contributed by atoms with Gasteiger partial charge in [-0.1, -0.05) is 241 Å². The van der Waals surface area contributed by atoms with E-state index in [1.54, 1.807) is 25.5 Å². The minimum absolute atomic E-state index is 0. The maximum atomic E-state index is 5.35. The molecule has 0 radical (unpaired) electrons. The van der Waals surface area contributed by atoms with Crippen LogP contribution in [0.25, 0.3) is 11.3 Å². The van der Waals surface area contributed by atoms with Crippen LogP contribution < -0.4 is 0 Å². The summed E-state index contributed by atoms with van der Waals surface area (Å²) in [6.07, 6.45) is 46.6. The molecule has 14 aromatic heterocycles. The second-order valence-corrected chi connectivity index (χ2v) is 46.3. The van der Waals surface area contributed by atoms with Crippen LogP contribution in [0.15, 0.2) is 181 Å². The van der Waals surface area contributed by atoms with Gasteiger partial charge >= 0.3 is 0 Å². The maximum absolute atomic E-state index is 5.35. The number of imidazole rings is 4. The lowest BCUT2D eigenvalue weighted by Gasteiger charge is -2.25. The van der Waals surface area contributed by atoms with Crippen molar-refractivity contribution in [3.05, 3.63) is 253 Å². The molecule has 0 saturated carbocycles. The predicted octanol–water partition coefficient (Wildman–Crippen LogP) is 26.7. The largest absolute Gasteiger partial charge is 0.446 e. The molecule has 136 heavy (non-hydrogen) atoms. The average Bonchev–Trinajstić information content (AvgIpc) is 1.68. The first-order chi connectivity index (χ1) is 62.5. The smallest absolute Gasteiger partial charge is 0.217 e. The molecule has 0 aromatic carbocycles. The van der Waals surface area contributed by atoms with Gasteiger partial charge in [0.2, 0.25) is 11.8 Å². The first kappa shape index (κ1) is 121. The molecule has 25 nitrogen and oxygen atoms in total. The number of fused-ring (bicyclic) bond motifs is 2. The highest BCUT2D eigenvalue weighted by Gasteiger charge is 2.24. The van der Waals surface area contributed by atoms with Gasteiger partial charge in [0, 0.05) is 167 Å². The summed E-state index contributed by atoms with van der Waals surface area (Å²) >= 11 is 0. The lowest BCUT2D eigenvalue weighted by Crippen LogP contribution is -2.17. The Labute approximate surface area is 822 Å². The molecule has 0 saturated heterocycles. The van der Waals surface area contributed by atoms with E-state index in [1.807, 2.05) is 168 Å². The van der Waals surface area contributed by atoms with Crippen LogP contribution in [0, 0.1) is 95.2 Å². The van der Waals surface area contributed by atoms with E-state index >= 15 is 0 Å². The van der Waals surface area contributed by atoms with E-state index < -0.39 is 0 Å². The minimum Gasteiger partial charge on any atom is -0.446 e. The molecule has 0 N–H and O–H groups in total. The number of rotatable bonds is 18. The summed E-state index contributed by atoms with van der Waals surface area (Å²) in [7, 11) is 7.93. The first-order valence-corrected chi connectivity index (χ1v) is 48.7. The second-order valence-electron chi connectivity index (χ2n) is 46.3. The third-order valence-corrected chi connectivity index (χ3v) is 19.2. The lowest BCUT2D eigenvalue weighted by molar-refractivity contribution is 0.325. The van der Waals surface area contributed by atoms with Gasteiger partial charge in [0.25, 0.3) is 0 Å². The topological polar surface area (TPSA) is 250 Å². The highest BCUT2D eigenvalue weighted by atomic mass is 16.4. The zero-order valence-electron chi connectivity index (χ0n) is 91.7. The Morgan fingerprint density at radius 1 is 0.375 bits per heavy atom. The number of pyridine rings is 2. The highest BCUT2D eigenvalue weighted by Crippen LogP contribution is 2.32. The summed E-state index contributed by atoms with van der Waals surface area (Å²) in [6, 6.07) is 18.2. The molecule has 0 aliphatic heterocycles. The standard InChI is InChI=1S/2C12H16N2.C10H16N2.3C9H16N2.C9H15NO.C8H14N2O.4C8H14N2.CH4/c2*1-12(2,3)8-10-9-14-7-5-4-6-11(14)13-10;1-8(10(2,3)4)9-11-6-5-7-12-9;1-8-5-10-11(6-8)7-9(2,3)4;1-9(2,3)7-8-5-6-11(4)10-8;1-4-11-6-5-9(10-11)7-8(2)3;1-7-6-10-8(11-7)5-9(2,3)4;1-6-9-10-7(11-6)5-8(2,3)4;1-7(2)5-10-6-8(3)4-9-10;1-7(2)4-8-5-10(3)6-9-8;1-7(2)4-8-5-9-10(3)6-8;1-7(2)6-8-9-4-5-10(8)3;/h2*4-7,9H,8H2,1-3H3;5-8H,1-4H3;2*5-6H,7H2,1-4H3;5-6,8H,4,7H2,1-3H3;6H,5H2,1-4H3;5H2,1-4H3;4,6-7H,5H2,1-3H3;2*5-7H,4H2,1-3H3;4-5,7H,6H2,1-3H3;1H4/t;;8-;;;;;;;;;;/m..1........../s1. The van der Waals surface area contributed by atoms with Gasteiger partial charge in [-0.25, -0.2) is 34.9 Å². The van der Waals surface area contributed by atoms with Crippen molar-refractivity contribution < 1.29 is 8.83 Å². The molecule has 0 unspecified atom stereocenters. The fraction of sp³-hybridized carbons (Fsp3) is 0.604. The molecule has 0 aliphatic carbocycles. The van der Waals surface area contributed by atoms with Crippen LogP contribution in [0.2, 0.25) is 0 Å². The molecule has 14 rings (SSSR count). The summed E-state index contributed by atoms with van der Waals surface area (Å²) < 4.78 is 28.4. The van der Waals surface area contributed by atoms with Crippen molar-refractivity contribution in [2.75, 3.05) is 0 Å². The molecule has 14 heterocycles. The van der Waals surface area contributed by atoms with Gasteiger partial charge in [-0.15, -0.1) is 10.2 Å². The molecule has 25 heteroatoms. The third kappa shape index (κ3) is 57.4. The van der Waals surface area contributed by atoms with Crippen molar-refractivity contribution >= 4 is 11.3 Å². The van der Waals surface area contributed by atoms with Gasteiger partial charge in [0.15, 0.2) is 5.89 Å². The van der Waals surface area contributed by atoms with Crippen LogP contribution >= 0.6 is 0 Å². The fourth-order valence-corrected chi connectivity index (χ4v) is 13.1. The highest BCUT2D eigenvalue weighted by molar-refractivity contribution is 5.40. The van der Waals surface area contributed by atoms with E-state index in [9.17, 15) is 0 Å². The predicted molar refractivity (Wildman–Crippen MR) is 566 cm³/mol. The first-order valence-electron chi connectivity index (χ1n) is 48.7. The van der Waals surface area contributed by atoms with Gasteiger partial charge < -0.3 is 26.8 Å². The van der Waals surface area contributed by atoms with Gasteiger partial charge in [0.1, 0.15) is 28.7 Å². The summed E-state index contributed by atoms with van der Waals surface area (Å²) in [6.45, 7) is 83.4. The summed E-state index contributed by atoms with van der Waals surface area (Å²) in [5, 5.41) is 28.8. The van der Waals surface area contributed by atoms with Crippen molar-refractivity contribution in [2.45, 2.75) is 347 Å². The lowest BCUT2D eigenvalue weighted by atomic mass is 9.81. The zero-order chi connectivity index (χ0) is 102. The Kier molecular flexibility index (Phi) is 51.9. The molecule has 14 aromatic rings. The van der Waals surface area contributed by atoms with Crippen LogP contribution in [0.5, 0.6) is 0 Å². The van der Waals surface area contributed by atoms with E-state index in [0.717, 1.165) is 118 Å². The maximum Gasteiger partial charge on any atom is 0.217 e. The Hall–Kier alpha value is -10.7. The van der Waals surface area contributed by atoms with Gasteiger partial charge in [-0.05, 0) is 193 Å². The second kappa shape index (κ2) is 58.1. The molecule has 0 bridgehead atoms. The molecule has 0 aliphatic rings. The summed E-state index contributed by atoms with van der Waals surface area (Å²) in [5.41, 5.74) is 13.8.